The van der Waals surface area contributed by atoms with Crippen LogP contribution in [0.4, 0.5) is 0 Å². The zero-order valence-electron chi connectivity index (χ0n) is 11.7. The van der Waals surface area contributed by atoms with Crippen LogP contribution in [0.15, 0.2) is 22.7 Å². The summed E-state index contributed by atoms with van der Waals surface area (Å²) in [4.78, 5) is 2.69. The molecule has 1 saturated heterocycles. The number of rotatable bonds is 5. The molecule has 1 unspecified atom stereocenters. The maximum Gasteiger partial charge on any atom is 0.0237 e. The molecule has 0 spiro atoms. The highest BCUT2D eigenvalue weighted by Gasteiger charge is 2.31. The molecule has 0 bridgehead atoms. The molecule has 1 aromatic rings. The van der Waals surface area contributed by atoms with Crippen molar-refractivity contribution in [2.45, 2.75) is 51.2 Å². The van der Waals surface area contributed by atoms with E-state index in [9.17, 15) is 0 Å². The quantitative estimate of drug-likeness (QED) is 0.892. The molecule has 3 heteroatoms. The van der Waals surface area contributed by atoms with E-state index in [1.54, 1.807) is 0 Å². The number of benzene rings is 1. The fourth-order valence-corrected chi connectivity index (χ4v) is 3.26. The molecule has 1 aliphatic heterocycles. The van der Waals surface area contributed by atoms with Gasteiger partial charge in [-0.1, -0.05) is 28.1 Å². The largest absolute Gasteiger partial charge is 0.313 e. The number of halogens is 1. The van der Waals surface area contributed by atoms with E-state index >= 15 is 0 Å². The first-order chi connectivity index (χ1) is 9.22. The van der Waals surface area contributed by atoms with Crippen LogP contribution in [-0.4, -0.2) is 30.1 Å². The van der Waals surface area contributed by atoms with Gasteiger partial charge in [0, 0.05) is 29.6 Å². The van der Waals surface area contributed by atoms with Crippen molar-refractivity contribution in [2.75, 3.05) is 13.1 Å². The third-order valence-corrected chi connectivity index (χ3v) is 5.18. The summed E-state index contributed by atoms with van der Waals surface area (Å²) in [6.45, 7) is 5.71. The van der Waals surface area contributed by atoms with Gasteiger partial charge in [-0.2, -0.15) is 0 Å². The molecule has 2 nitrogen and oxygen atoms in total. The minimum absolute atomic E-state index is 0.720. The van der Waals surface area contributed by atoms with Crippen molar-refractivity contribution >= 4 is 15.9 Å². The van der Waals surface area contributed by atoms with Gasteiger partial charge in [0.15, 0.2) is 0 Å². The van der Waals surface area contributed by atoms with Crippen LogP contribution in [0.2, 0.25) is 0 Å². The summed E-state index contributed by atoms with van der Waals surface area (Å²) in [6.07, 6.45) is 5.48. The summed E-state index contributed by atoms with van der Waals surface area (Å²) < 4.78 is 1.21. The number of nitrogens with zero attached hydrogens (tertiary/aromatic N) is 1. The molecule has 104 valence electrons. The van der Waals surface area contributed by atoms with Crippen molar-refractivity contribution in [3.05, 3.63) is 33.8 Å². The maximum atomic E-state index is 3.63. The second-order valence-corrected chi connectivity index (χ2v) is 6.89. The highest BCUT2D eigenvalue weighted by atomic mass is 79.9. The van der Waals surface area contributed by atoms with E-state index in [0.717, 1.165) is 18.6 Å². The Morgan fingerprint density at radius 3 is 2.79 bits per heavy atom. The number of hydrogen-bond acceptors (Lipinski definition) is 2. The lowest BCUT2D eigenvalue weighted by atomic mass is 10.1. The first-order valence-electron chi connectivity index (χ1n) is 7.45. The van der Waals surface area contributed by atoms with Crippen LogP contribution in [0.5, 0.6) is 0 Å². The second kappa shape index (κ2) is 5.94. The van der Waals surface area contributed by atoms with E-state index in [-0.39, 0.29) is 0 Å². The zero-order chi connectivity index (χ0) is 13.2. The first kappa shape index (κ1) is 13.6. The van der Waals surface area contributed by atoms with Crippen LogP contribution in [-0.2, 0) is 6.54 Å². The Kier molecular flexibility index (Phi) is 4.25. The molecule has 3 rings (SSSR count). The Hall–Kier alpha value is -0.380. The monoisotopic (exact) mass is 322 g/mol. The van der Waals surface area contributed by atoms with Crippen LogP contribution in [0.1, 0.15) is 36.8 Å². The minimum atomic E-state index is 0.720. The van der Waals surface area contributed by atoms with Crippen molar-refractivity contribution in [2.24, 2.45) is 0 Å². The molecule has 1 aromatic carbocycles. The predicted octanol–water partition coefficient (Wildman–Crippen LogP) is 3.47. The highest BCUT2D eigenvalue weighted by molar-refractivity contribution is 9.10. The average Bonchev–Trinajstić information content (AvgIpc) is 3.12. The van der Waals surface area contributed by atoms with Gasteiger partial charge in [0.25, 0.3) is 0 Å². The number of nitrogens with one attached hydrogen (secondary N) is 1. The van der Waals surface area contributed by atoms with Gasteiger partial charge in [-0.25, -0.2) is 0 Å². The van der Waals surface area contributed by atoms with E-state index in [2.05, 4.69) is 51.3 Å². The lowest BCUT2D eigenvalue weighted by molar-refractivity contribution is 0.231. The summed E-state index contributed by atoms with van der Waals surface area (Å²) in [5.74, 6) is 0. The Bertz CT molecular complexity index is 436. The van der Waals surface area contributed by atoms with Crippen LogP contribution >= 0.6 is 15.9 Å². The van der Waals surface area contributed by atoms with Gasteiger partial charge in [0.2, 0.25) is 0 Å². The van der Waals surface area contributed by atoms with E-state index in [4.69, 9.17) is 0 Å². The molecule has 0 amide bonds. The number of aryl methyl sites for hydroxylation is 1. The summed E-state index contributed by atoms with van der Waals surface area (Å²) in [7, 11) is 0. The van der Waals surface area contributed by atoms with E-state index < -0.39 is 0 Å². The molecule has 0 aromatic heterocycles. The van der Waals surface area contributed by atoms with Gasteiger partial charge < -0.3 is 5.32 Å². The highest BCUT2D eigenvalue weighted by Crippen LogP contribution is 2.29. The van der Waals surface area contributed by atoms with Gasteiger partial charge in [-0.15, -0.1) is 0 Å². The molecule has 2 aliphatic rings. The third kappa shape index (κ3) is 3.59. The molecule has 19 heavy (non-hydrogen) atoms. The average molecular weight is 323 g/mol. The van der Waals surface area contributed by atoms with Crippen molar-refractivity contribution in [3.8, 4) is 0 Å². The van der Waals surface area contributed by atoms with Crippen molar-refractivity contribution < 1.29 is 0 Å². The van der Waals surface area contributed by atoms with E-state index in [0.29, 0.717) is 0 Å². The van der Waals surface area contributed by atoms with Crippen LogP contribution < -0.4 is 5.32 Å². The minimum Gasteiger partial charge on any atom is -0.313 e. The van der Waals surface area contributed by atoms with Crippen molar-refractivity contribution in [3.63, 3.8) is 0 Å². The molecule has 1 aliphatic carbocycles. The third-order valence-electron chi connectivity index (χ3n) is 4.29. The summed E-state index contributed by atoms with van der Waals surface area (Å²) in [5, 5.41) is 3.63. The molecule has 1 atom stereocenters. The molecule has 1 N–H and O–H groups in total. The molecule has 2 fully saturated rings. The van der Waals surface area contributed by atoms with Crippen LogP contribution in [0.25, 0.3) is 0 Å². The predicted molar refractivity (Wildman–Crippen MR) is 83.3 cm³/mol. The van der Waals surface area contributed by atoms with Crippen LogP contribution in [0.3, 0.4) is 0 Å². The normalized spacial score (nSPS) is 23.2. The summed E-state index contributed by atoms with van der Waals surface area (Å²) in [6, 6.07) is 8.32. The van der Waals surface area contributed by atoms with Gasteiger partial charge in [0.1, 0.15) is 0 Å². The lowest BCUT2D eigenvalue weighted by Crippen LogP contribution is -2.38. The molecule has 1 saturated carbocycles. The van der Waals surface area contributed by atoms with Gasteiger partial charge >= 0.3 is 0 Å². The van der Waals surface area contributed by atoms with Crippen molar-refractivity contribution in [1.29, 1.82) is 0 Å². The number of hydrogen-bond donors (Lipinski definition) is 1. The molecule has 0 radical (unpaired) electrons. The maximum absolute atomic E-state index is 3.63. The summed E-state index contributed by atoms with van der Waals surface area (Å²) >= 11 is 3.58. The zero-order valence-corrected chi connectivity index (χ0v) is 13.2. The molecule has 1 heterocycles. The first-order valence-corrected chi connectivity index (χ1v) is 8.24. The molecular formula is C16H23BrN2. The van der Waals surface area contributed by atoms with E-state index in [1.165, 1.54) is 54.4 Å². The van der Waals surface area contributed by atoms with Crippen LogP contribution in [0, 0.1) is 6.92 Å². The van der Waals surface area contributed by atoms with Gasteiger partial charge in [-0.3, -0.25) is 4.90 Å². The topological polar surface area (TPSA) is 15.3 Å². The Balaban J connectivity index is 1.64. The smallest absolute Gasteiger partial charge is 0.0237 e. The molecular weight excluding hydrogens is 300 g/mol. The summed E-state index contributed by atoms with van der Waals surface area (Å²) in [5.41, 5.74) is 2.79. The Labute approximate surface area is 124 Å². The van der Waals surface area contributed by atoms with Crippen molar-refractivity contribution in [1.82, 2.24) is 10.2 Å². The van der Waals surface area contributed by atoms with Gasteiger partial charge in [-0.05, 0) is 56.3 Å². The second-order valence-electron chi connectivity index (χ2n) is 6.04. The fourth-order valence-electron chi connectivity index (χ4n) is 3.02. The van der Waals surface area contributed by atoms with Gasteiger partial charge in [0.05, 0.1) is 0 Å². The Morgan fingerprint density at radius 2 is 2.16 bits per heavy atom. The fraction of sp³-hybridized carbons (Fsp3) is 0.625. The Morgan fingerprint density at radius 1 is 1.32 bits per heavy atom. The SMILES string of the molecule is Cc1cc(CN(CC2CCCN2)C2CC2)ccc1Br. The lowest BCUT2D eigenvalue weighted by Gasteiger charge is -2.25. The standard InChI is InChI=1S/C16H23BrN2/c1-12-9-13(4-7-16(12)17)10-19(15-5-6-15)11-14-3-2-8-18-14/h4,7,9,14-15,18H,2-3,5-6,8,10-11H2,1H3. The van der Waals surface area contributed by atoms with E-state index in [1.807, 2.05) is 0 Å².